The third kappa shape index (κ3) is 3.48. The molecule has 0 aromatic rings. The fraction of sp³-hybridized carbons (Fsp3) is 0.200. The van der Waals surface area contributed by atoms with Crippen LogP contribution in [0.5, 0.6) is 0 Å². The first-order valence-electron chi connectivity index (χ1n) is 1.49. The molecule has 0 bridgehead atoms. The lowest BCUT2D eigenvalue weighted by molar-refractivity contribution is 1.72. The maximum Gasteiger partial charge on any atom is -0.0187 e. The van der Waals surface area contributed by atoms with Gasteiger partial charge in [-0.3, -0.25) is 0 Å². The van der Waals surface area contributed by atoms with Gasteiger partial charge in [0.1, 0.15) is 0 Å². The first-order valence-corrected chi connectivity index (χ1v) is 1.49. The molecule has 0 aromatic heterocycles. The smallest absolute Gasteiger partial charge is 0.0187 e. The van der Waals surface area contributed by atoms with Crippen LogP contribution in [0, 0.1) is 12.7 Å². The number of hydrogen-bond donors (Lipinski definition) is 0. The highest BCUT2D eigenvalue weighted by molar-refractivity contribution is 4.84. The minimum atomic E-state index is 1.65. The monoisotopic (exact) mass is 66.0 g/mol. The zero-order valence-electron chi connectivity index (χ0n) is 3.23. The van der Waals surface area contributed by atoms with E-state index >= 15 is 0 Å². The van der Waals surface area contributed by atoms with E-state index in [1.54, 1.807) is 6.08 Å². The van der Waals surface area contributed by atoms with Crippen molar-refractivity contribution in [3.8, 4) is 0 Å². The highest BCUT2D eigenvalue weighted by Crippen LogP contribution is 1.62. The Labute approximate surface area is 32.8 Å². The Morgan fingerprint density at radius 1 is 1.80 bits per heavy atom. The average Bonchev–Trinajstić information content (AvgIpc) is 1.41. The topological polar surface area (TPSA) is 0 Å². The van der Waals surface area contributed by atoms with E-state index in [1.807, 2.05) is 13.0 Å². The molecule has 0 heterocycles. The zero-order chi connectivity index (χ0) is 4.12. The van der Waals surface area contributed by atoms with E-state index in [0.717, 1.165) is 0 Å². The van der Waals surface area contributed by atoms with Gasteiger partial charge in [0.05, 0.1) is 0 Å². The van der Waals surface area contributed by atoms with E-state index in [2.05, 4.69) is 6.08 Å². The molecule has 0 fully saturated rings. The minimum absolute atomic E-state index is 1.65. The van der Waals surface area contributed by atoms with Crippen molar-refractivity contribution in [1.29, 1.82) is 0 Å². The van der Waals surface area contributed by atoms with E-state index in [4.69, 9.17) is 6.58 Å². The van der Waals surface area contributed by atoms with Crippen LogP contribution >= 0.6 is 0 Å². The maximum atomic E-state index is 4.80. The van der Waals surface area contributed by atoms with Gasteiger partial charge >= 0.3 is 0 Å². The van der Waals surface area contributed by atoms with Gasteiger partial charge in [-0.15, -0.1) is 0 Å². The predicted octanol–water partition coefficient (Wildman–Crippen LogP) is 1.35. The molecule has 0 nitrogen and oxygen atoms in total. The summed E-state index contributed by atoms with van der Waals surface area (Å²) in [7, 11) is 0. The van der Waals surface area contributed by atoms with Gasteiger partial charge in [-0.1, -0.05) is 18.7 Å². The van der Waals surface area contributed by atoms with Gasteiger partial charge in [-0.2, -0.15) is 0 Å². The van der Waals surface area contributed by atoms with Crippen molar-refractivity contribution >= 4 is 0 Å². The summed E-state index contributed by atoms with van der Waals surface area (Å²) >= 11 is 0. The summed E-state index contributed by atoms with van der Waals surface area (Å²) in [5.41, 5.74) is 0. The van der Waals surface area contributed by atoms with Crippen LogP contribution in [-0.4, -0.2) is 0 Å². The van der Waals surface area contributed by atoms with Crippen LogP contribution in [0.1, 0.15) is 6.92 Å². The van der Waals surface area contributed by atoms with E-state index in [-0.39, 0.29) is 0 Å². The highest BCUT2D eigenvalue weighted by atomic mass is 13.5. The van der Waals surface area contributed by atoms with Gasteiger partial charge < -0.3 is 0 Å². The molecule has 0 N–H and O–H groups in total. The first-order chi connectivity index (χ1) is 2.41. The molecule has 0 aliphatic rings. The molecular weight excluding hydrogens is 60.1 g/mol. The van der Waals surface area contributed by atoms with Crippen LogP contribution in [0.3, 0.4) is 0 Å². The summed E-state index contributed by atoms with van der Waals surface area (Å²) in [5, 5.41) is 0. The average molecular weight is 66.1 g/mol. The zero-order valence-corrected chi connectivity index (χ0v) is 3.23. The van der Waals surface area contributed by atoms with Crippen molar-refractivity contribution < 1.29 is 0 Å². The molecule has 0 atom stereocenters. The standard InChI is InChI=1S/C5H6/c1-3-5-4-2/h1,4-5H,2H3/b3-1?,5-4+. The van der Waals surface area contributed by atoms with E-state index < -0.39 is 0 Å². The largest absolute Gasteiger partial charge is 0.0870 e. The Morgan fingerprint density at radius 3 is 2.40 bits per heavy atom. The number of allylic oxidation sites excluding steroid dienone is 3. The van der Waals surface area contributed by atoms with Crippen molar-refractivity contribution in [1.82, 2.24) is 0 Å². The molecule has 26 valence electrons. The Kier molecular flexibility index (Phi) is 3.12. The minimum Gasteiger partial charge on any atom is -0.0870 e. The molecule has 0 aliphatic carbocycles. The molecule has 0 amide bonds. The van der Waals surface area contributed by atoms with Gasteiger partial charge in [-0.05, 0) is 13.0 Å². The number of hydrogen-bond acceptors (Lipinski definition) is 0. The van der Waals surface area contributed by atoms with Crippen LogP contribution in [-0.2, 0) is 0 Å². The lowest BCUT2D eigenvalue weighted by Crippen LogP contribution is -1.35. The summed E-state index contributed by atoms with van der Waals surface area (Å²) in [5.74, 6) is 0. The van der Waals surface area contributed by atoms with E-state index in [9.17, 15) is 0 Å². The van der Waals surface area contributed by atoms with Gasteiger partial charge in [-0.25, -0.2) is 0 Å². The highest BCUT2D eigenvalue weighted by Gasteiger charge is 1.43. The third-order valence-electron chi connectivity index (χ3n) is 0.263. The Hall–Kier alpha value is -0.520. The normalized spacial score (nSPS) is 9.00. The summed E-state index contributed by atoms with van der Waals surface area (Å²) in [6, 6.07) is 0. The quantitative estimate of drug-likeness (QED) is 0.405. The lowest BCUT2D eigenvalue weighted by Gasteiger charge is -1.54. The van der Waals surface area contributed by atoms with E-state index in [0.29, 0.717) is 0 Å². The first kappa shape index (κ1) is 4.48. The van der Waals surface area contributed by atoms with Crippen molar-refractivity contribution in [2.45, 2.75) is 6.92 Å². The maximum absolute atomic E-state index is 4.80. The van der Waals surface area contributed by atoms with Crippen LogP contribution in [0.2, 0.25) is 0 Å². The van der Waals surface area contributed by atoms with Crippen LogP contribution in [0.4, 0.5) is 0 Å². The molecule has 0 rings (SSSR count). The molecule has 2 radical (unpaired) electrons. The number of rotatable bonds is 1. The Balaban J connectivity index is 2.92. The van der Waals surface area contributed by atoms with Gasteiger partial charge in [0, 0.05) is 0 Å². The second kappa shape index (κ2) is 3.48. The van der Waals surface area contributed by atoms with Gasteiger partial charge in [0.25, 0.3) is 0 Å². The molecule has 5 heavy (non-hydrogen) atoms. The fourth-order valence-corrected chi connectivity index (χ4v) is 0.0962. The van der Waals surface area contributed by atoms with Crippen molar-refractivity contribution in [2.75, 3.05) is 0 Å². The lowest BCUT2D eigenvalue weighted by atomic mass is 10.5. The van der Waals surface area contributed by atoms with Crippen molar-refractivity contribution in [3.05, 3.63) is 24.8 Å². The van der Waals surface area contributed by atoms with E-state index in [1.165, 1.54) is 0 Å². The molecule has 0 spiro atoms. The van der Waals surface area contributed by atoms with Gasteiger partial charge in [0.15, 0.2) is 0 Å². The van der Waals surface area contributed by atoms with Gasteiger partial charge in [0.2, 0.25) is 0 Å². The Morgan fingerprint density at radius 2 is 2.40 bits per heavy atom. The summed E-state index contributed by atoms with van der Waals surface area (Å²) in [6.07, 6.45) is 5.81. The second-order valence-corrected chi connectivity index (χ2v) is 0.667. The van der Waals surface area contributed by atoms with Crippen LogP contribution < -0.4 is 0 Å². The third-order valence-corrected chi connectivity index (χ3v) is 0.263. The fourth-order valence-electron chi connectivity index (χ4n) is 0.0962. The SMILES string of the molecule is [CH]=[C]/C=C/C. The van der Waals surface area contributed by atoms with Crippen LogP contribution in [0.25, 0.3) is 0 Å². The van der Waals surface area contributed by atoms with Crippen molar-refractivity contribution in [3.63, 3.8) is 0 Å². The summed E-state index contributed by atoms with van der Waals surface area (Å²) in [6.45, 7) is 6.69. The summed E-state index contributed by atoms with van der Waals surface area (Å²) < 4.78 is 0. The molecular formula is C5H6. The molecule has 0 unspecified atom stereocenters. The molecule has 0 aromatic carbocycles. The molecule has 0 aliphatic heterocycles. The van der Waals surface area contributed by atoms with Crippen molar-refractivity contribution in [2.24, 2.45) is 0 Å². The molecule has 0 heteroatoms. The second-order valence-electron chi connectivity index (χ2n) is 0.667. The molecule has 0 saturated heterocycles. The predicted molar refractivity (Wildman–Crippen MR) is 22.4 cm³/mol. The summed E-state index contributed by atoms with van der Waals surface area (Å²) in [4.78, 5) is 0. The Bertz CT molecular complexity index is 42.0. The van der Waals surface area contributed by atoms with Crippen LogP contribution in [0.15, 0.2) is 12.2 Å². The molecule has 0 saturated carbocycles.